The molecule has 0 aliphatic heterocycles. The molecule has 0 aromatic heterocycles. The maximum Gasteiger partial charge on any atom is 0.341 e. The predicted molar refractivity (Wildman–Crippen MR) is 80.8 cm³/mol. The van der Waals surface area contributed by atoms with Gasteiger partial charge < -0.3 is 15.4 Å². The Hall–Kier alpha value is -2.64. The van der Waals surface area contributed by atoms with Crippen LogP contribution >= 0.6 is 0 Å². The van der Waals surface area contributed by atoms with Crippen molar-refractivity contribution in [3.05, 3.63) is 33.9 Å². The first kappa shape index (κ1) is 17.4. The largest absolute Gasteiger partial charge is 0.452 e. The summed E-state index contributed by atoms with van der Waals surface area (Å²) in [6.45, 7) is 4.94. The fourth-order valence-corrected chi connectivity index (χ4v) is 1.70. The van der Waals surface area contributed by atoms with Crippen LogP contribution in [0.25, 0.3) is 0 Å². The quantitative estimate of drug-likeness (QED) is 0.486. The van der Waals surface area contributed by atoms with Gasteiger partial charge in [0.05, 0.1) is 10.5 Å². The molecule has 0 aliphatic carbocycles. The fraction of sp³-hybridized carbons (Fsp3) is 0.429. The lowest BCUT2D eigenvalue weighted by Crippen LogP contribution is -2.42. The zero-order valence-electron chi connectivity index (χ0n) is 12.9. The lowest BCUT2D eigenvalue weighted by Gasteiger charge is -2.20. The number of rotatable bonds is 5. The van der Waals surface area contributed by atoms with Crippen molar-refractivity contribution in [1.82, 2.24) is 5.32 Å². The summed E-state index contributed by atoms with van der Waals surface area (Å²) < 4.78 is 4.90. The number of benzene rings is 1. The molecule has 0 saturated carbocycles. The number of carbonyl (C=O) groups is 2. The van der Waals surface area contributed by atoms with Gasteiger partial charge in [0.2, 0.25) is 0 Å². The number of ether oxygens (including phenoxy) is 1. The smallest absolute Gasteiger partial charge is 0.341 e. The van der Waals surface area contributed by atoms with E-state index in [-0.39, 0.29) is 11.3 Å². The Morgan fingerprint density at radius 2 is 1.95 bits per heavy atom. The second kappa shape index (κ2) is 6.88. The summed E-state index contributed by atoms with van der Waals surface area (Å²) in [6.07, 6.45) is 0. The SMILES string of the molecule is CNc1ccc([N+](=O)[O-])cc1C(=O)OCC(=O)NC(C)(C)C. The number of anilines is 1. The molecule has 22 heavy (non-hydrogen) atoms. The van der Waals surface area contributed by atoms with Crippen molar-refractivity contribution in [3.63, 3.8) is 0 Å². The first-order valence-electron chi connectivity index (χ1n) is 6.58. The molecule has 0 unspecified atom stereocenters. The number of amides is 1. The van der Waals surface area contributed by atoms with Crippen LogP contribution in [-0.4, -0.2) is 36.0 Å². The lowest BCUT2D eigenvalue weighted by molar-refractivity contribution is -0.384. The van der Waals surface area contributed by atoms with E-state index in [1.807, 2.05) is 0 Å². The second-order valence-corrected chi connectivity index (χ2v) is 5.61. The minimum Gasteiger partial charge on any atom is -0.452 e. The molecule has 0 saturated heterocycles. The van der Waals surface area contributed by atoms with E-state index in [0.717, 1.165) is 6.07 Å². The molecule has 1 rings (SSSR count). The number of esters is 1. The van der Waals surface area contributed by atoms with E-state index in [4.69, 9.17) is 4.74 Å². The van der Waals surface area contributed by atoms with Crippen molar-refractivity contribution in [2.24, 2.45) is 0 Å². The van der Waals surface area contributed by atoms with Gasteiger partial charge in [0.15, 0.2) is 6.61 Å². The predicted octanol–water partition coefficient (Wildman–Crippen LogP) is 1.71. The topological polar surface area (TPSA) is 111 Å². The average molecular weight is 309 g/mol. The fourth-order valence-electron chi connectivity index (χ4n) is 1.70. The first-order valence-corrected chi connectivity index (χ1v) is 6.58. The molecule has 0 atom stereocenters. The number of nitrogens with zero attached hydrogens (tertiary/aromatic N) is 1. The van der Waals surface area contributed by atoms with E-state index in [1.165, 1.54) is 12.1 Å². The molecular weight excluding hydrogens is 290 g/mol. The van der Waals surface area contributed by atoms with Crippen LogP contribution < -0.4 is 10.6 Å². The normalized spacial score (nSPS) is 10.7. The van der Waals surface area contributed by atoms with Crippen LogP contribution in [-0.2, 0) is 9.53 Å². The van der Waals surface area contributed by atoms with E-state index in [1.54, 1.807) is 27.8 Å². The highest BCUT2D eigenvalue weighted by Crippen LogP contribution is 2.22. The van der Waals surface area contributed by atoms with Gasteiger partial charge in [-0.15, -0.1) is 0 Å². The number of carbonyl (C=O) groups excluding carboxylic acids is 2. The lowest BCUT2D eigenvalue weighted by atomic mass is 10.1. The Morgan fingerprint density at radius 3 is 2.45 bits per heavy atom. The molecule has 0 radical (unpaired) electrons. The summed E-state index contributed by atoms with van der Waals surface area (Å²) in [4.78, 5) is 33.8. The third-order valence-electron chi connectivity index (χ3n) is 2.55. The third kappa shape index (κ3) is 5.04. The first-order chi connectivity index (χ1) is 10.1. The van der Waals surface area contributed by atoms with Gasteiger partial charge in [0, 0.05) is 30.4 Å². The molecule has 8 nitrogen and oxygen atoms in total. The van der Waals surface area contributed by atoms with E-state index >= 15 is 0 Å². The Kier molecular flexibility index (Phi) is 5.44. The van der Waals surface area contributed by atoms with Crippen molar-refractivity contribution < 1.29 is 19.2 Å². The van der Waals surface area contributed by atoms with Gasteiger partial charge >= 0.3 is 5.97 Å². The zero-order chi connectivity index (χ0) is 16.9. The summed E-state index contributed by atoms with van der Waals surface area (Å²) in [6, 6.07) is 3.79. The van der Waals surface area contributed by atoms with Gasteiger partial charge in [-0.25, -0.2) is 4.79 Å². The van der Waals surface area contributed by atoms with Crippen LogP contribution in [0.4, 0.5) is 11.4 Å². The molecule has 120 valence electrons. The van der Waals surface area contributed by atoms with Crippen LogP contribution in [0.3, 0.4) is 0 Å². The van der Waals surface area contributed by atoms with Gasteiger partial charge in [-0.3, -0.25) is 14.9 Å². The minimum atomic E-state index is -0.808. The number of nitrogens with one attached hydrogen (secondary N) is 2. The molecule has 8 heteroatoms. The summed E-state index contributed by atoms with van der Waals surface area (Å²) in [5, 5.41) is 16.2. The van der Waals surface area contributed by atoms with Crippen molar-refractivity contribution in [2.75, 3.05) is 19.0 Å². The van der Waals surface area contributed by atoms with Crippen LogP contribution in [0, 0.1) is 10.1 Å². The van der Waals surface area contributed by atoms with Crippen LogP contribution in [0.5, 0.6) is 0 Å². The van der Waals surface area contributed by atoms with Crippen molar-refractivity contribution in [3.8, 4) is 0 Å². The molecular formula is C14H19N3O5. The maximum absolute atomic E-state index is 12.0. The standard InChI is InChI=1S/C14H19N3O5/c1-14(2,3)16-12(18)8-22-13(19)10-7-9(17(20)21)5-6-11(10)15-4/h5-7,15H,8H2,1-4H3,(H,16,18). The maximum atomic E-state index is 12.0. The monoisotopic (exact) mass is 309 g/mol. The molecule has 1 aromatic carbocycles. The molecule has 1 aromatic rings. The van der Waals surface area contributed by atoms with Gasteiger partial charge in [-0.1, -0.05) is 0 Å². The highest BCUT2D eigenvalue weighted by molar-refractivity contribution is 5.97. The van der Waals surface area contributed by atoms with E-state index in [2.05, 4.69) is 10.6 Å². The van der Waals surface area contributed by atoms with Gasteiger partial charge in [0.25, 0.3) is 11.6 Å². The zero-order valence-corrected chi connectivity index (χ0v) is 12.9. The number of hydrogen-bond donors (Lipinski definition) is 2. The van der Waals surface area contributed by atoms with Crippen LogP contribution in [0.2, 0.25) is 0 Å². The van der Waals surface area contributed by atoms with Crippen LogP contribution in [0.1, 0.15) is 31.1 Å². The molecule has 0 bridgehead atoms. The molecule has 0 fully saturated rings. The minimum absolute atomic E-state index is 0.000240. The second-order valence-electron chi connectivity index (χ2n) is 5.61. The Morgan fingerprint density at radius 1 is 1.32 bits per heavy atom. The van der Waals surface area contributed by atoms with Gasteiger partial charge in [-0.05, 0) is 26.8 Å². The average Bonchev–Trinajstić information content (AvgIpc) is 2.42. The molecule has 0 spiro atoms. The summed E-state index contributed by atoms with van der Waals surface area (Å²) in [5.41, 5.74) is -0.289. The van der Waals surface area contributed by atoms with Crippen molar-refractivity contribution >= 4 is 23.3 Å². The number of nitro groups is 1. The highest BCUT2D eigenvalue weighted by atomic mass is 16.6. The van der Waals surface area contributed by atoms with Crippen LogP contribution in [0.15, 0.2) is 18.2 Å². The van der Waals surface area contributed by atoms with Crippen molar-refractivity contribution in [1.29, 1.82) is 0 Å². The highest BCUT2D eigenvalue weighted by Gasteiger charge is 2.20. The Bertz CT molecular complexity index is 593. The molecule has 1 amide bonds. The Labute approximate surface area is 128 Å². The number of non-ortho nitro benzene ring substituents is 1. The third-order valence-corrected chi connectivity index (χ3v) is 2.55. The molecule has 2 N–H and O–H groups in total. The van der Waals surface area contributed by atoms with E-state index in [9.17, 15) is 19.7 Å². The molecule has 0 aliphatic rings. The summed E-state index contributed by atoms with van der Waals surface area (Å²) in [7, 11) is 1.57. The van der Waals surface area contributed by atoms with E-state index in [0.29, 0.717) is 5.69 Å². The Balaban J connectivity index is 2.82. The summed E-state index contributed by atoms with van der Waals surface area (Å²) in [5.74, 6) is -1.26. The number of nitro benzene ring substituents is 1. The number of hydrogen-bond acceptors (Lipinski definition) is 6. The van der Waals surface area contributed by atoms with Gasteiger partial charge in [0.1, 0.15) is 0 Å². The molecule has 0 heterocycles. The summed E-state index contributed by atoms with van der Waals surface area (Å²) >= 11 is 0. The van der Waals surface area contributed by atoms with E-state index < -0.39 is 28.9 Å². The van der Waals surface area contributed by atoms with Crippen molar-refractivity contribution in [2.45, 2.75) is 26.3 Å². The van der Waals surface area contributed by atoms with Gasteiger partial charge in [-0.2, -0.15) is 0 Å².